The minimum absolute atomic E-state index is 0. The molecule has 0 aliphatic heterocycles. The van der Waals surface area contributed by atoms with Crippen LogP contribution < -0.4 is 0 Å². The van der Waals surface area contributed by atoms with Gasteiger partial charge < -0.3 is 4.90 Å². The van der Waals surface area contributed by atoms with Gasteiger partial charge in [0.2, 0.25) is 0 Å². The number of rotatable bonds is 3. The first-order valence-corrected chi connectivity index (χ1v) is 3.07. The molecule has 0 rings (SSSR count). The van der Waals surface area contributed by atoms with Crippen LogP contribution in [0.3, 0.4) is 0 Å². The van der Waals surface area contributed by atoms with Crippen molar-refractivity contribution in [1.82, 2.24) is 4.90 Å². The Kier molecular flexibility index (Phi) is 10.2. The Morgan fingerprint density at radius 1 is 0.875 bits per heavy atom. The van der Waals surface area contributed by atoms with Crippen molar-refractivity contribution in [2.45, 2.75) is 20.8 Å². The minimum Gasteiger partial charge on any atom is -0.304 e. The molecule has 0 saturated carbocycles. The molecule has 0 N–H and O–H groups in total. The largest absolute Gasteiger partial charge is 0.304 e. The number of hydrogen-bond donors (Lipinski definition) is 0. The van der Waals surface area contributed by atoms with Gasteiger partial charge in [0, 0.05) is 13.5 Å². The average molecular weight is 133 g/mol. The Labute approximate surface area is 59.5 Å². The molecule has 0 bridgehead atoms. The monoisotopic (exact) mass is 133 g/mol. The van der Waals surface area contributed by atoms with Crippen molar-refractivity contribution >= 4 is 13.5 Å². The number of nitrogens with zero attached hydrogens (tertiary/aromatic N) is 1. The third kappa shape index (κ3) is 4.47. The van der Waals surface area contributed by atoms with Crippen LogP contribution in [0.15, 0.2) is 0 Å². The van der Waals surface area contributed by atoms with E-state index in [0.717, 1.165) is 0 Å². The Bertz CT molecular complexity index is 30.0. The van der Waals surface area contributed by atoms with Gasteiger partial charge in [0.25, 0.3) is 0 Å². The summed E-state index contributed by atoms with van der Waals surface area (Å²) < 4.78 is 0. The highest BCUT2D eigenvalue weighted by Gasteiger charge is 1.89. The second-order valence-corrected chi connectivity index (χ2v) is 1.62. The zero-order chi connectivity index (χ0) is 5.70. The fourth-order valence-electron chi connectivity index (χ4n) is 0.671. The van der Waals surface area contributed by atoms with Crippen LogP contribution in [0.1, 0.15) is 20.8 Å². The molecule has 0 aromatic carbocycles. The van der Waals surface area contributed by atoms with Crippen molar-refractivity contribution in [3.8, 4) is 0 Å². The van der Waals surface area contributed by atoms with Crippen LogP contribution in [0.4, 0.5) is 0 Å². The van der Waals surface area contributed by atoms with Crippen molar-refractivity contribution in [2.24, 2.45) is 0 Å². The van der Waals surface area contributed by atoms with Crippen molar-refractivity contribution < 1.29 is 0 Å². The molecule has 0 aromatic rings. The summed E-state index contributed by atoms with van der Waals surface area (Å²) in [6.45, 7) is 10.1. The Morgan fingerprint density at radius 3 is 1.12 bits per heavy atom. The highest BCUT2D eigenvalue weighted by Crippen LogP contribution is 1.81. The van der Waals surface area contributed by atoms with Crippen LogP contribution in [0.2, 0.25) is 0 Å². The molecule has 0 saturated heterocycles. The van der Waals surface area contributed by atoms with Crippen LogP contribution in [-0.2, 0) is 0 Å². The average Bonchev–Trinajstić information content (AvgIpc) is 1.72. The van der Waals surface area contributed by atoms with Gasteiger partial charge in [-0.2, -0.15) is 0 Å². The predicted octanol–water partition coefficient (Wildman–Crippen LogP) is 2.00. The van der Waals surface area contributed by atoms with Gasteiger partial charge in [0.1, 0.15) is 0 Å². The normalized spacial score (nSPS) is 9.00. The summed E-state index contributed by atoms with van der Waals surface area (Å²) in [6, 6.07) is 0. The summed E-state index contributed by atoms with van der Waals surface area (Å²) in [5.41, 5.74) is 0. The maximum atomic E-state index is 2.38. The van der Waals surface area contributed by atoms with Crippen LogP contribution in [0.25, 0.3) is 0 Å². The molecule has 0 aliphatic carbocycles. The van der Waals surface area contributed by atoms with E-state index in [-0.39, 0.29) is 13.5 Å². The van der Waals surface area contributed by atoms with E-state index in [2.05, 4.69) is 25.7 Å². The van der Waals surface area contributed by atoms with Crippen molar-refractivity contribution in [3.63, 3.8) is 0 Å². The predicted molar refractivity (Wildman–Crippen MR) is 41.1 cm³/mol. The van der Waals surface area contributed by atoms with Gasteiger partial charge in [-0.15, -0.1) is 0 Å². The minimum atomic E-state index is 0. The zero-order valence-electron chi connectivity index (χ0n) is 5.98. The van der Waals surface area contributed by atoms with E-state index in [4.69, 9.17) is 0 Å². The lowest BCUT2D eigenvalue weighted by Crippen LogP contribution is -2.21. The third-order valence-corrected chi connectivity index (χ3v) is 1.34. The van der Waals surface area contributed by atoms with Crippen molar-refractivity contribution in [2.75, 3.05) is 19.6 Å². The molecule has 0 spiro atoms. The van der Waals surface area contributed by atoms with E-state index in [0.29, 0.717) is 0 Å². The molecule has 0 aromatic heterocycles. The molecule has 0 atom stereocenters. The van der Waals surface area contributed by atoms with E-state index >= 15 is 0 Å². The molecule has 50 valence electrons. The Balaban J connectivity index is 0. The Morgan fingerprint density at radius 2 is 1.12 bits per heavy atom. The van der Waals surface area contributed by atoms with E-state index < -0.39 is 0 Å². The lowest BCUT2D eigenvalue weighted by Gasteiger charge is -2.13. The second kappa shape index (κ2) is 7.31. The lowest BCUT2D eigenvalue weighted by molar-refractivity contribution is 0.321. The molecule has 0 fully saturated rings. The molecule has 1 nitrogen and oxygen atoms in total. The fraction of sp³-hybridized carbons (Fsp3) is 1.00. The van der Waals surface area contributed by atoms with Gasteiger partial charge in [0.15, 0.2) is 0 Å². The molecule has 0 heterocycles. The molecular weight excluding hydrogens is 118 g/mol. The molecule has 2 heteroatoms. The van der Waals surface area contributed by atoms with Crippen molar-refractivity contribution in [3.05, 3.63) is 0 Å². The number of hydrogen-bond acceptors (Lipinski definition) is 1. The van der Waals surface area contributed by atoms with Gasteiger partial charge in [-0.3, -0.25) is 0 Å². The standard InChI is InChI=1S/C6H15N.S/c1-4-7(5-2)6-3;/h4-6H2,1-3H3;. The molecule has 0 unspecified atom stereocenters. The first kappa shape index (κ1) is 11.2. The van der Waals surface area contributed by atoms with E-state index in [1.807, 2.05) is 0 Å². The molecular formula is C6H15NS. The topological polar surface area (TPSA) is 3.24 Å². The van der Waals surface area contributed by atoms with Gasteiger partial charge in [0.05, 0.1) is 0 Å². The summed E-state index contributed by atoms with van der Waals surface area (Å²) in [7, 11) is 0. The van der Waals surface area contributed by atoms with E-state index in [1.54, 1.807) is 0 Å². The molecule has 2 radical (unpaired) electrons. The van der Waals surface area contributed by atoms with Gasteiger partial charge in [-0.05, 0) is 19.6 Å². The Hall–Kier alpha value is 0.310. The fourth-order valence-corrected chi connectivity index (χ4v) is 0.671. The second-order valence-electron chi connectivity index (χ2n) is 1.62. The van der Waals surface area contributed by atoms with E-state index in [9.17, 15) is 0 Å². The van der Waals surface area contributed by atoms with E-state index in [1.165, 1.54) is 19.6 Å². The molecule has 0 aliphatic rings. The SMILES string of the molecule is CCN(CC)CC.[S]. The smallest absolute Gasteiger partial charge is 0 e. The maximum absolute atomic E-state index is 2.38. The van der Waals surface area contributed by atoms with Gasteiger partial charge in [-0.1, -0.05) is 20.8 Å². The summed E-state index contributed by atoms with van der Waals surface area (Å²) in [6.07, 6.45) is 0. The zero-order valence-corrected chi connectivity index (χ0v) is 6.79. The molecule has 8 heavy (non-hydrogen) atoms. The lowest BCUT2D eigenvalue weighted by atomic mass is 10.5. The highest BCUT2D eigenvalue weighted by atomic mass is 32.1. The quantitative estimate of drug-likeness (QED) is 0.569. The first-order valence-electron chi connectivity index (χ1n) is 3.07. The van der Waals surface area contributed by atoms with Crippen LogP contribution in [0.5, 0.6) is 0 Å². The summed E-state index contributed by atoms with van der Waals surface area (Å²) >= 11 is 0. The van der Waals surface area contributed by atoms with Gasteiger partial charge in [-0.25, -0.2) is 0 Å². The van der Waals surface area contributed by atoms with Crippen LogP contribution in [0, 0.1) is 0 Å². The molecule has 0 amide bonds. The highest BCUT2D eigenvalue weighted by molar-refractivity contribution is 7.59. The summed E-state index contributed by atoms with van der Waals surface area (Å²) in [4.78, 5) is 2.38. The van der Waals surface area contributed by atoms with Crippen LogP contribution >= 0.6 is 13.5 Å². The maximum Gasteiger partial charge on any atom is 0 e. The van der Waals surface area contributed by atoms with Crippen LogP contribution in [-0.4, -0.2) is 24.5 Å². The third-order valence-electron chi connectivity index (χ3n) is 1.34. The van der Waals surface area contributed by atoms with Gasteiger partial charge >= 0.3 is 0 Å². The summed E-state index contributed by atoms with van der Waals surface area (Å²) in [5.74, 6) is 0. The first-order chi connectivity index (χ1) is 3.35. The summed E-state index contributed by atoms with van der Waals surface area (Å²) in [5, 5.41) is 0. The van der Waals surface area contributed by atoms with Crippen molar-refractivity contribution in [1.29, 1.82) is 0 Å².